The lowest BCUT2D eigenvalue weighted by Gasteiger charge is -2.55. The fraction of sp³-hybridized carbons (Fsp3) is 0.636. The predicted octanol–water partition coefficient (Wildman–Crippen LogP) is 1.76. The zero-order valence-corrected chi connectivity index (χ0v) is 20.3. The van der Waals surface area contributed by atoms with E-state index in [-0.39, 0.29) is 17.6 Å². The molecule has 1 saturated carbocycles. The average molecular weight is 558 g/mol. The van der Waals surface area contributed by atoms with Crippen molar-refractivity contribution in [2.45, 2.75) is 43.4 Å². The summed E-state index contributed by atoms with van der Waals surface area (Å²) >= 11 is 0. The molecule has 1 aliphatic carbocycles. The number of hydrogen-bond donors (Lipinski definition) is 3. The number of aliphatic carboxylic acids is 2. The van der Waals surface area contributed by atoms with Crippen LogP contribution in [0.1, 0.15) is 18.5 Å². The zero-order valence-electron chi connectivity index (χ0n) is 20.3. The molecule has 2 aliphatic heterocycles. The van der Waals surface area contributed by atoms with Gasteiger partial charge in [-0.15, -0.1) is 0 Å². The van der Waals surface area contributed by atoms with Gasteiger partial charge in [0.25, 0.3) is 0 Å². The highest BCUT2D eigenvalue weighted by atomic mass is 19.4. The number of nitrogens with zero attached hydrogens (tertiary/aromatic N) is 3. The van der Waals surface area contributed by atoms with E-state index >= 15 is 0 Å². The molecule has 3 aliphatic rings. The van der Waals surface area contributed by atoms with E-state index in [1.165, 1.54) is 12.8 Å². The van der Waals surface area contributed by atoms with Crippen LogP contribution in [0.3, 0.4) is 0 Å². The van der Waals surface area contributed by atoms with Gasteiger partial charge in [0.1, 0.15) is 11.6 Å². The van der Waals surface area contributed by atoms with Crippen molar-refractivity contribution in [1.82, 2.24) is 20.1 Å². The Balaban J connectivity index is 0.000000301. The third-order valence-corrected chi connectivity index (χ3v) is 5.84. The highest BCUT2D eigenvalue weighted by Gasteiger charge is 2.51. The maximum Gasteiger partial charge on any atom is 0.490 e. The van der Waals surface area contributed by atoms with Gasteiger partial charge in [-0.2, -0.15) is 26.3 Å². The maximum absolute atomic E-state index is 12.2. The first-order valence-corrected chi connectivity index (χ1v) is 11.4. The fourth-order valence-corrected chi connectivity index (χ4v) is 3.91. The molecule has 1 amide bonds. The van der Waals surface area contributed by atoms with E-state index in [4.69, 9.17) is 24.5 Å². The molecular formula is C22H28F6N4O6. The minimum atomic E-state index is -5.08. The topological polar surface area (TPSA) is 132 Å². The molecular weight excluding hydrogens is 530 g/mol. The SMILES string of the molecule is CNC(=O)C1COC2(CN(Cc3ccccn3)C2)CN1CC1CC1.O=C(O)C(F)(F)F.O=C(O)C(F)(F)F. The molecule has 16 heteroatoms. The number of nitrogens with one attached hydrogen (secondary N) is 1. The number of carboxylic acid groups (broad SMARTS) is 2. The third-order valence-electron chi connectivity index (χ3n) is 5.84. The van der Waals surface area contributed by atoms with Gasteiger partial charge >= 0.3 is 24.3 Å². The first-order valence-electron chi connectivity index (χ1n) is 11.4. The number of amides is 1. The summed E-state index contributed by atoms with van der Waals surface area (Å²) in [5.41, 5.74) is 0.995. The number of carbonyl (C=O) groups excluding carboxylic acids is 1. The van der Waals surface area contributed by atoms with Gasteiger partial charge in [0, 0.05) is 46.0 Å². The summed E-state index contributed by atoms with van der Waals surface area (Å²) < 4.78 is 69.6. The molecule has 1 spiro atoms. The highest BCUT2D eigenvalue weighted by molar-refractivity contribution is 5.81. The second-order valence-electron chi connectivity index (χ2n) is 9.07. The standard InChI is InChI=1S/C18H26N4O2.2C2HF3O2/c1-19-17(23)16-10-24-18(13-22(16)8-14-5-6-14)11-21(12-18)9-15-4-2-3-7-20-15;2*3-2(4,5)1(6)7/h2-4,7,14,16H,5-6,8-13H2,1H3,(H,19,23);2*(H,6,7). The van der Waals surface area contributed by atoms with Gasteiger partial charge in [-0.05, 0) is 30.9 Å². The first-order chi connectivity index (χ1) is 17.6. The Bertz CT molecular complexity index is 928. The van der Waals surface area contributed by atoms with Crippen molar-refractivity contribution in [2.24, 2.45) is 5.92 Å². The summed E-state index contributed by atoms with van der Waals surface area (Å²) in [4.78, 5) is 39.1. The summed E-state index contributed by atoms with van der Waals surface area (Å²) in [6.45, 7) is 5.11. The molecule has 1 aromatic rings. The van der Waals surface area contributed by atoms with Crippen molar-refractivity contribution in [3.63, 3.8) is 0 Å². The Morgan fingerprint density at radius 3 is 2.03 bits per heavy atom. The molecule has 2 saturated heterocycles. The van der Waals surface area contributed by atoms with E-state index in [0.29, 0.717) is 6.61 Å². The maximum atomic E-state index is 12.2. The van der Waals surface area contributed by atoms with Crippen molar-refractivity contribution in [3.05, 3.63) is 30.1 Å². The van der Waals surface area contributed by atoms with E-state index < -0.39 is 24.3 Å². The van der Waals surface area contributed by atoms with Gasteiger partial charge in [-0.1, -0.05) is 6.07 Å². The van der Waals surface area contributed by atoms with E-state index in [1.807, 2.05) is 18.3 Å². The number of carbonyl (C=O) groups is 3. The summed E-state index contributed by atoms with van der Waals surface area (Å²) in [5.74, 6) is -4.66. The number of likely N-dealkylation sites (N-methyl/N-ethyl adjacent to an activating group) is 1. The lowest BCUT2D eigenvalue weighted by Crippen LogP contribution is -2.72. The van der Waals surface area contributed by atoms with E-state index in [1.54, 1.807) is 7.05 Å². The molecule has 4 rings (SSSR count). The van der Waals surface area contributed by atoms with Crippen molar-refractivity contribution >= 4 is 17.8 Å². The molecule has 214 valence electrons. The molecule has 38 heavy (non-hydrogen) atoms. The number of ether oxygens (including phenoxy) is 1. The number of aromatic nitrogens is 1. The van der Waals surface area contributed by atoms with Crippen LogP contribution >= 0.6 is 0 Å². The lowest BCUT2D eigenvalue weighted by atomic mass is 9.90. The second-order valence-corrected chi connectivity index (χ2v) is 9.07. The van der Waals surface area contributed by atoms with Gasteiger partial charge in [0.05, 0.1) is 12.3 Å². The summed E-state index contributed by atoms with van der Waals surface area (Å²) in [6.07, 6.45) is -5.72. The van der Waals surface area contributed by atoms with Crippen LogP contribution in [0.4, 0.5) is 26.3 Å². The summed E-state index contributed by atoms with van der Waals surface area (Å²) in [7, 11) is 1.71. The van der Waals surface area contributed by atoms with Crippen LogP contribution in [-0.4, -0.2) is 107 Å². The summed E-state index contributed by atoms with van der Waals surface area (Å²) in [5, 5.41) is 17.0. The monoisotopic (exact) mass is 558 g/mol. The molecule has 1 atom stereocenters. The van der Waals surface area contributed by atoms with E-state index in [9.17, 15) is 31.1 Å². The van der Waals surface area contributed by atoms with Crippen molar-refractivity contribution < 1.29 is 55.7 Å². The number of halogens is 6. The van der Waals surface area contributed by atoms with Gasteiger partial charge in [-0.3, -0.25) is 19.6 Å². The van der Waals surface area contributed by atoms with Gasteiger partial charge < -0.3 is 20.3 Å². The first kappa shape index (κ1) is 31.2. The van der Waals surface area contributed by atoms with Gasteiger partial charge in [-0.25, -0.2) is 9.59 Å². The van der Waals surface area contributed by atoms with Crippen LogP contribution in [0, 0.1) is 5.92 Å². The molecule has 0 bridgehead atoms. The Hall–Kier alpha value is -2.98. The number of alkyl halides is 6. The molecule has 1 unspecified atom stereocenters. The molecule has 0 radical (unpaired) electrons. The Morgan fingerprint density at radius 2 is 1.61 bits per heavy atom. The number of rotatable bonds is 5. The molecule has 3 fully saturated rings. The van der Waals surface area contributed by atoms with Crippen molar-refractivity contribution in [3.8, 4) is 0 Å². The number of pyridine rings is 1. The minimum Gasteiger partial charge on any atom is -0.475 e. The minimum absolute atomic E-state index is 0.0789. The molecule has 1 aromatic heterocycles. The van der Waals surface area contributed by atoms with E-state index in [0.717, 1.165) is 44.3 Å². The van der Waals surface area contributed by atoms with Crippen LogP contribution < -0.4 is 5.32 Å². The third kappa shape index (κ3) is 9.72. The van der Waals surface area contributed by atoms with Gasteiger partial charge in [0.15, 0.2) is 0 Å². The summed E-state index contributed by atoms with van der Waals surface area (Å²) in [6, 6.07) is 5.90. The van der Waals surface area contributed by atoms with Crippen LogP contribution in [0.25, 0.3) is 0 Å². The Labute approximate surface area is 213 Å². The Morgan fingerprint density at radius 1 is 1.05 bits per heavy atom. The highest BCUT2D eigenvalue weighted by Crippen LogP contribution is 2.36. The predicted molar refractivity (Wildman–Crippen MR) is 118 cm³/mol. The number of likely N-dealkylation sites (tertiary alicyclic amines) is 1. The smallest absolute Gasteiger partial charge is 0.475 e. The molecule has 3 N–H and O–H groups in total. The lowest BCUT2D eigenvalue weighted by molar-refractivity contribution is -0.203. The zero-order chi connectivity index (χ0) is 28.7. The number of morpholine rings is 1. The van der Waals surface area contributed by atoms with Gasteiger partial charge in [0.2, 0.25) is 5.91 Å². The van der Waals surface area contributed by atoms with Crippen LogP contribution in [0.15, 0.2) is 24.4 Å². The number of carboxylic acids is 2. The normalized spacial score (nSPS) is 21.2. The van der Waals surface area contributed by atoms with Crippen LogP contribution in [0.2, 0.25) is 0 Å². The quantitative estimate of drug-likeness (QED) is 0.463. The second kappa shape index (κ2) is 12.7. The molecule has 3 heterocycles. The molecule has 0 aromatic carbocycles. The van der Waals surface area contributed by atoms with Crippen molar-refractivity contribution in [2.75, 3.05) is 39.8 Å². The number of hydrogen-bond acceptors (Lipinski definition) is 7. The van der Waals surface area contributed by atoms with E-state index in [2.05, 4.69) is 26.2 Å². The average Bonchev–Trinajstić information content (AvgIpc) is 3.62. The largest absolute Gasteiger partial charge is 0.490 e. The molecule has 10 nitrogen and oxygen atoms in total. The Kier molecular flexibility index (Phi) is 10.4. The fourth-order valence-electron chi connectivity index (χ4n) is 3.91. The van der Waals surface area contributed by atoms with Crippen LogP contribution in [0.5, 0.6) is 0 Å². The van der Waals surface area contributed by atoms with Crippen LogP contribution in [-0.2, 0) is 25.7 Å². The van der Waals surface area contributed by atoms with Crippen molar-refractivity contribution in [1.29, 1.82) is 0 Å².